The van der Waals surface area contributed by atoms with E-state index in [1.807, 2.05) is 54.1 Å². The fraction of sp³-hybridized carbons (Fsp3) is 0.190. The van der Waals surface area contributed by atoms with Crippen molar-refractivity contribution in [1.82, 2.24) is 14.8 Å². The molecule has 5 nitrogen and oxygen atoms in total. The highest BCUT2D eigenvalue weighted by Crippen LogP contribution is 2.42. The van der Waals surface area contributed by atoms with Gasteiger partial charge in [-0.2, -0.15) is 5.10 Å². The predicted octanol–water partition coefficient (Wildman–Crippen LogP) is 4.11. The van der Waals surface area contributed by atoms with Crippen LogP contribution in [-0.4, -0.2) is 20.7 Å². The largest absolute Gasteiger partial charge is 0.307 e. The fourth-order valence-corrected chi connectivity index (χ4v) is 2.97. The minimum atomic E-state index is -0.177. The van der Waals surface area contributed by atoms with E-state index in [9.17, 15) is 4.79 Å². The first-order valence-electron chi connectivity index (χ1n) is 8.76. The summed E-state index contributed by atoms with van der Waals surface area (Å²) in [5, 5.41) is 7.79. The Bertz CT molecular complexity index is 941. The normalized spacial score (nSPS) is 13.9. The van der Waals surface area contributed by atoms with Crippen LogP contribution in [0.3, 0.4) is 0 Å². The fourth-order valence-electron chi connectivity index (χ4n) is 2.97. The van der Waals surface area contributed by atoms with Crippen molar-refractivity contribution in [2.24, 2.45) is 0 Å². The van der Waals surface area contributed by atoms with Gasteiger partial charge in [0.05, 0.1) is 11.4 Å². The second kappa shape index (κ2) is 6.96. The minimum absolute atomic E-state index is 0.177. The quantitative estimate of drug-likeness (QED) is 0.709. The van der Waals surface area contributed by atoms with Crippen molar-refractivity contribution in [1.29, 1.82) is 0 Å². The van der Waals surface area contributed by atoms with Gasteiger partial charge in [-0.05, 0) is 55.7 Å². The highest BCUT2D eigenvalue weighted by molar-refractivity contribution is 6.02. The average Bonchev–Trinajstić information content (AvgIpc) is 3.47. The molecule has 0 aliphatic heterocycles. The van der Waals surface area contributed by atoms with E-state index >= 15 is 0 Å². The molecule has 0 spiro atoms. The Labute approximate surface area is 152 Å². The number of hydrogen-bond donors (Lipinski definition) is 1. The van der Waals surface area contributed by atoms with E-state index in [2.05, 4.69) is 10.3 Å². The number of aromatic nitrogens is 3. The SMILES string of the molecule is Cc1c(C2CC2)nn(-c2ccccc2)c1NC(=O)/C=C/c1ccncc1. The molecule has 26 heavy (non-hydrogen) atoms. The molecule has 1 aliphatic carbocycles. The highest BCUT2D eigenvalue weighted by Gasteiger charge is 2.30. The molecular weight excluding hydrogens is 324 g/mol. The monoisotopic (exact) mass is 344 g/mol. The summed E-state index contributed by atoms with van der Waals surface area (Å²) in [6, 6.07) is 13.6. The summed E-state index contributed by atoms with van der Waals surface area (Å²) < 4.78 is 1.83. The molecular formula is C21H20N4O. The summed E-state index contributed by atoms with van der Waals surface area (Å²) in [6.07, 6.45) is 9.05. The van der Waals surface area contributed by atoms with Crippen LogP contribution in [0.25, 0.3) is 11.8 Å². The van der Waals surface area contributed by atoms with Crippen molar-refractivity contribution in [2.75, 3.05) is 5.32 Å². The zero-order chi connectivity index (χ0) is 17.9. The van der Waals surface area contributed by atoms with Gasteiger partial charge in [-0.15, -0.1) is 0 Å². The lowest BCUT2D eigenvalue weighted by molar-refractivity contribution is -0.111. The molecule has 1 aliphatic rings. The van der Waals surface area contributed by atoms with Crippen LogP contribution in [-0.2, 0) is 4.79 Å². The maximum Gasteiger partial charge on any atom is 0.249 e. The Morgan fingerprint density at radius 3 is 2.58 bits per heavy atom. The minimum Gasteiger partial charge on any atom is -0.307 e. The van der Waals surface area contributed by atoms with Crippen molar-refractivity contribution < 1.29 is 4.79 Å². The molecule has 0 radical (unpaired) electrons. The molecule has 1 saturated carbocycles. The molecule has 4 rings (SSSR count). The van der Waals surface area contributed by atoms with Crippen LogP contribution in [0, 0.1) is 6.92 Å². The summed E-state index contributed by atoms with van der Waals surface area (Å²) >= 11 is 0. The van der Waals surface area contributed by atoms with Gasteiger partial charge in [-0.25, -0.2) is 4.68 Å². The van der Waals surface area contributed by atoms with Crippen LogP contribution in [0.15, 0.2) is 60.9 Å². The van der Waals surface area contributed by atoms with E-state index in [4.69, 9.17) is 5.10 Å². The second-order valence-electron chi connectivity index (χ2n) is 6.48. The number of amides is 1. The van der Waals surface area contributed by atoms with E-state index in [1.54, 1.807) is 18.5 Å². The molecule has 0 unspecified atom stereocenters. The Kier molecular flexibility index (Phi) is 4.35. The first-order valence-corrected chi connectivity index (χ1v) is 8.76. The third-order valence-corrected chi connectivity index (χ3v) is 4.50. The molecule has 130 valence electrons. The molecule has 0 bridgehead atoms. The molecule has 2 heterocycles. The van der Waals surface area contributed by atoms with Gasteiger partial charge in [0.2, 0.25) is 5.91 Å². The van der Waals surface area contributed by atoms with E-state index in [1.165, 1.54) is 18.9 Å². The number of nitrogens with one attached hydrogen (secondary N) is 1. The molecule has 1 aromatic carbocycles. The summed E-state index contributed by atoms with van der Waals surface area (Å²) in [5.74, 6) is 1.08. The maximum atomic E-state index is 12.5. The van der Waals surface area contributed by atoms with Crippen LogP contribution in [0.5, 0.6) is 0 Å². The molecule has 2 aromatic heterocycles. The van der Waals surface area contributed by atoms with Crippen molar-refractivity contribution in [2.45, 2.75) is 25.7 Å². The summed E-state index contributed by atoms with van der Waals surface area (Å²) in [6.45, 7) is 2.03. The lowest BCUT2D eigenvalue weighted by Crippen LogP contribution is -2.13. The number of rotatable bonds is 5. The lowest BCUT2D eigenvalue weighted by atomic mass is 10.2. The van der Waals surface area contributed by atoms with Crippen molar-refractivity contribution >= 4 is 17.8 Å². The van der Waals surface area contributed by atoms with Gasteiger partial charge in [-0.3, -0.25) is 9.78 Å². The molecule has 1 amide bonds. The van der Waals surface area contributed by atoms with Gasteiger partial charge in [-0.1, -0.05) is 18.2 Å². The third-order valence-electron chi connectivity index (χ3n) is 4.50. The Balaban J connectivity index is 1.63. The van der Waals surface area contributed by atoms with Gasteiger partial charge in [0, 0.05) is 30.0 Å². The Hall–Kier alpha value is -3.21. The summed E-state index contributed by atoms with van der Waals surface area (Å²) in [7, 11) is 0. The second-order valence-corrected chi connectivity index (χ2v) is 6.48. The van der Waals surface area contributed by atoms with Gasteiger partial charge in [0.1, 0.15) is 5.82 Å². The van der Waals surface area contributed by atoms with Crippen LogP contribution < -0.4 is 5.32 Å². The standard InChI is InChI=1S/C21H20N4O/c1-15-20(17-8-9-17)24-25(18-5-3-2-4-6-18)21(15)23-19(26)10-7-16-11-13-22-14-12-16/h2-7,10-14,17H,8-9H2,1H3,(H,23,26)/b10-7+. The van der Waals surface area contributed by atoms with Crippen molar-refractivity contribution in [3.8, 4) is 5.69 Å². The first-order chi connectivity index (χ1) is 12.7. The van der Waals surface area contributed by atoms with Crippen LogP contribution in [0.1, 0.15) is 35.6 Å². The topological polar surface area (TPSA) is 59.8 Å². The van der Waals surface area contributed by atoms with Crippen LogP contribution in [0.4, 0.5) is 5.82 Å². The van der Waals surface area contributed by atoms with E-state index < -0.39 is 0 Å². The van der Waals surface area contributed by atoms with Gasteiger partial charge < -0.3 is 5.32 Å². The highest BCUT2D eigenvalue weighted by atomic mass is 16.1. The summed E-state index contributed by atoms with van der Waals surface area (Å²) in [5.41, 5.74) is 4.00. The number of pyridine rings is 1. The van der Waals surface area contributed by atoms with E-state index in [0.29, 0.717) is 5.92 Å². The summed E-state index contributed by atoms with van der Waals surface area (Å²) in [4.78, 5) is 16.4. The number of carbonyl (C=O) groups excluding carboxylic acids is 1. The zero-order valence-electron chi connectivity index (χ0n) is 14.6. The maximum absolute atomic E-state index is 12.5. The molecule has 0 saturated heterocycles. The van der Waals surface area contributed by atoms with Gasteiger partial charge >= 0.3 is 0 Å². The predicted molar refractivity (Wildman–Crippen MR) is 102 cm³/mol. The third kappa shape index (κ3) is 3.42. The first kappa shape index (κ1) is 16.3. The number of carbonyl (C=O) groups is 1. The van der Waals surface area contributed by atoms with Crippen LogP contribution in [0.2, 0.25) is 0 Å². The molecule has 0 atom stereocenters. The lowest BCUT2D eigenvalue weighted by Gasteiger charge is -2.08. The average molecular weight is 344 g/mol. The molecule has 3 aromatic rings. The number of nitrogens with zero attached hydrogens (tertiary/aromatic N) is 3. The number of para-hydroxylation sites is 1. The smallest absolute Gasteiger partial charge is 0.249 e. The Morgan fingerprint density at radius 1 is 1.15 bits per heavy atom. The number of anilines is 1. The van der Waals surface area contributed by atoms with E-state index in [-0.39, 0.29) is 5.91 Å². The van der Waals surface area contributed by atoms with Gasteiger partial charge in [0.15, 0.2) is 0 Å². The van der Waals surface area contributed by atoms with Crippen LogP contribution >= 0.6 is 0 Å². The van der Waals surface area contributed by atoms with Gasteiger partial charge in [0.25, 0.3) is 0 Å². The molecule has 1 N–H and O–H groups in total. The number of benzene rings is 1. The number of hydrogen-bond acceptors (Lipinski definition) is 3. The van der Waals surface area contributed by atoms with Crippen molar-refractivity contribution in [3.05, 3.63) is 77.8 Å². The van der Waals surface area contributed by atoms with Crippen molar-refractivity contribution in [3.63, 3.8) is 0 Å². The molecule has 5 heteroatoms. The van der Waals surface area contributed by atoms with E-state index in [0.717, 1.165) is 28.3 Å². The Morgan fingerprint density at radius 2 is 1.88 bits per heavy atom. The zero-order valence-corrected chi connectivity index (χ0v) is 14.6. The molecule has 1 fully saturated rings.